The lowest BCUT2D eigenvalue weighted by molar-refractivity contribution is -0.198. The first-order valence-electron chi connectivity index (χ1n) is 9.20. The van der Waals surface area contributed by atoms with Gasteiger partial charge in [0.15, 0.2) is 0 Å². The number of rotatable bonds is 5. The molecule has 1 aromatic heterocycles. The number of hydrogen-bond acceptors (Lipinski definition) is 9. The number of carbonyl (C=O) groups is 2. The summed E-state index contributed by atoms with van der Waals surface area (Å²) in [5, 5.41) is 29.8. The predicted molar refractivity (Wildman–Crippen MR) is 102 cm³/mol. The molecule has 2 atom stereocenters. The SMILES string of the molecule is CCOCC(=O)N[C@@]1(C)CCOC2(CCN(c3nncs3)CC2)[C@@H]1O.O=CO. The van der Waals surface area contributed by atoms with Crippen molar-refractivity contribution in [3.05, 3.63) is 5.51 Å². The molecule has 1 aromatic rings. The van der Waals surface area contributed by atoms with E-state index in [9.17, 15) is 9.90 Å². The highest BCUT2D eigenvalue weighted by Crippen LogP contribution is 2.40. The number of aromatic nitrogens is 2. The molecule has 11 heteroatoms. The Morgan fingerprint density at radius 3 is 2.75 bits per heavy atom. The second-order valence-electron chi connectivity index (χ2n) is 6.98. The van der Waals surface area contributed by atoms with Crippen LogP contribution in [-0.4, -0.2) is 82.9 Å². The fourth-order valence-electron chi connectivity index (χ4n) is 3.74. The molecular weight excluding hydrogens is 388 g/mol. The fourth-order valence-corrected chi connectivity index (χ4v) is 4.36. The minimum atomic E-state index is -0.768. The number of hydrogen-bond donors (Lipinski definition) is 3. The maximum absolute atomic E-state index is 12.1. The summed E-state index contributed by atoms with van der Waals surface area (Å²) in [5.41, 5.74) is 0.376. The van der Waals surface area contributed by atoms with Crippen LogP contribution in [0.5, 0.6) is 0 Å². The first-order valence-corrected chi connectivity index (χ1v) is 10.1. The molecule has 1 amide bonds. The maximum Gasteiger partial charge on any atom is 0.290 e. The number of aliphatic hydroxyl groups excluding tert-OH is 1. The van der Waals surface area contributed by atoms with Crippen LogP contribution in [0.25, 0.3) is 0 Å². The highest BCUT2D eigenvalue weighted by molar-refractivity contribution is 7.13. The third-order valence-corrected chi connectivity index (χ3v) is 5.95. The van der Waals surface area contributed by atoms with Gasteiger partial charge in [0, 0.05) is 26.3 Å². The van der Waals surface area contributed by atoms with E-state index in [1.54, 1.807) is 5.51 Å². The van der Waals surface area contributed by atoms with Crippen LogP contribution in [0, 0.1) is 0 Å². The average Bonchev–Trinajstić information content (AvgIpc) is 3.21. The van der Waals surface area contributed by atoms with Crippen LogP contribution < -0.4 is 10.2 Å². The van der Waals surface area contributed by atoms with E-state index in [1.165, 1.54) is 11.3 Å². The molecule has 10 nitrogen and oxygen atoms in total. The molecule has 0 radical (unpaired) electrons. The van der Waals surface area contributed by atoms with Crippen LogP contribution in [0.3, 0.4) is 0 Å². The van der Waals surface area contributed by atoms with Crippen LogP contribution in [0.2, 0.25) is 0 Å². The van der Waals surface area contributed by atoms with Crippen molar-refractivity contribution < 1.29 is 29.3 Å². The van der Waals surface area contributed by atoms with Gasteiger partial charge in [0.05, 0.1) is 11.1 Å². The summed E-state index contributed by atoms with van der Waals surface area (Å²) in [7, 11) is 0. The Morgan fingerprint density at radius 2 is 2.18 bits per heavy atom. The van der Waals surface area contributed by atoms with E-state index in [2.05, 4.69) is 20.4 Å². The first kappa shape index (κ1) is 22.5. The van der Waals surface area contributed by atoms with Crippen molar-refractivity contribution in [2.24, 2.45) is 0 Å². The Balaban J connectivity index is 0.000000878. The van der Waals surface area contributed by atoms with Crippen LogP contribution in [-0.2, 0) is 19.1 Å². The lowest BCUT2D eigenvalue weighted by atomic mass is 9.73. The molecule has 2 fully saturated rings. The van der Waals surface area contributed by atoms with E-state index in [1.807, 2.05) is 13.8 Å². The minimum absolute atomic E-state index is 0.0114. The Kier molecular flexibility index (Phi) is 8.10. The van der Waals surface area contributed by atoms with Gasteiger partial charge in [0.1, 0.15) is 18.2 Å². The van der Waals surface area contributed by atoms with Gasteiger partial charge in [-0.2, -0.15) is 0 Å². The molecule has 0 unspecified atom stereocenters. The number of aliphatic hydroxyl groups is 1. The van der Waals surface area contributed by atoms with Crippen molar-refractivity contribution in [2.45, 2.75) is 50.4 Å². The summed E-state index contributed by atoms with van der Waals surface area (Å²) in [4.78, 5) is 22.6. The second kappa shape index (κ2) is 10.1. The van der Waals surface area contributed by atoms with Crippen molar-refractivity contribution in [3.8, 4) is 0 Å². The van der Waals surface area contributed by atoms with Crippen molar-refractivity contribution >= 4 is 28.8 Å². The number of amides is 1. The molecule has 3 heterocycles. The van der Waals surface area contributed by atoms with Gasteiger partial charge in [-0.3, -0.25) is 9.59 Å². The van der Waals surface area contributed by atoms with E-state index in [4.69, 9.17) is 19.4 Å². The number of carbonyl (C=O) groups excluding carboxylic acids is 1. The summed E-state index contributed by atoms with van der Waals surface area (Å²) in [6.07, 6.45) is 1.18. The quantitative estimate of drug-likeness (QED) is 0.578. The average molecular weight is 417 g/mol. The van der Waals surface area contributed by atoms with Gasteiger partial charge < -0.3 is 29.9 Å². The first-order chi connectivity index (χ1) is 13.4. The van der Waals surface area contributed by atoms with Gasteiger partial charge in [0.25, 0.3) is 6.47 Å². The molecule has 28 heavy (non-hydrogen) atoms. The predicted octanol–water partition coefficient (Wildman–Crippen LogP) is 0.271. The molecule has 0 aromatic carbocycles. The third kappa shape index (κ3) is 5.16. The Morgan fingerprint density at radius 1 is 1.50 bits per heavy atom. The Bertz CT molecular complexity index is 623. The van der Waals surface area contributed by atoms with Crippen LogP contribution in [0.1, 0.15) is 33.1 Å². The maximum atomic E-state index is 12.1. The summed E-state index contributed by atoms with van der Waals surface area (Å²) < 4.78 is 11.2. The van der Waals surface area contributed by atoms with E-state index in [-0.39, 0.29) is 19.0 Å². The highest BCUT2D eigenvalue weighted by atomic mass is 32.1. The van der Waals surface area contributed by atoms with Gasteiger partial charge in [-0.15, -0.1) is 10.2 Å². The summed E-state index contributed by atoms with van der Waals surface area (Å²) in [6.45, 7) is 5.99. The van der Waals surface area contributed by atoms with Crippen molar-refractivity contribution in [3.63, 3.8) is 0 Å². The molecule has 3 rings (SSSR count). The van der Waals surface area contributed by atoms with Gasteiger partial charge in [-0.1, -0.05) is 11.3 Å². The fraction of sp³-hybridized carbons (Fsp3) is 0.765. The third-order valence-electron chi connectivity index (χ3n) is 5.20. The van der Waals surface area contributed by atoms with E-state index < -0.39 is 17.2 Å². The lowest BCUT2D eigenvalue weighted by Gasteiger charge is -2.53. The zero-order valence-electron chi connectivity index (χ0n) is 16.2. The van der Waals surface area contributed by atoms with Gasteiger partial charge in [-0.05, 0) is 33.1 Å². The second-order valence-corrected chi connectivity index (χ2v) is 7.79. The Labute approximate surface area is 167 Å². The number of nitrogens with one attached hydrogen (secondary N) is 1. The smallest absolute Gasteiger partial charge is 0.290 e. The summed E-state index contributed by atoms with van der Waals surface area (Å²) in [5.74, 6) is -0.202. The molecule has 3 N–H and O–H groups in total. The standard InChI is InChI=1S/C16H26N4O4S.CH2O2/c1-3-23-10-12(21)18-15(2)6-9-24-16(13(15)22)4-7-20(8-5-16)14-19-17-11-25-14;2-1-3/h11,13,22H,3-10H2,1-2H3,(H,18,21);1H,(H,2,3)/t13-,15+;/m1./s1. The van der Waals surface area contributed by atoms with Crippen molar-refractivity contribution in [2.75, 3.05) is 37.8 Å². The molecule has 2 aliphatic rings. The molecule has 0 aliphatic carbocycles. The van der Waals surface area contributed by atoms with Crippen LogP contribution in [0.15, 0.2) is 5.51 Å². The van der Waals surface area contributed by atoms with E-state index in [0.29, 0.717) is 32.5 Å². The lowest BCUT2D eigenvalue weighted by Crippen LogP contribution is -2.69. The van der Waals surface area contributed by atoms with E-state index >= 15 is 0 Å². The molecule has 2 aliphatic heterocycles. The zero-order valence-corrected chi connectivity index (χ0v) is 17.0. The number of carboxylic acid groups (broad SMARTS) is 1. The molecule has 0 saturated carbocycles. The largest absolute Gasteiger partial charge is 0.483 e. The monoisotopic (exact) mass is 416 g/mol. The van der Waals surface area contributed by atoms with E-state index in [0.717, 1.165) is 18.2 Å². The number of piperidine rings is 1. The van der Waals surface area contributed by atoms with Crippen LogP contribution >= 0.6 is 11.3 Å². The number of anilines is 1. The summed E-state index contributed by atoms with van der Waals surface area (Å²) >= 11 is 1.51. The number of nitrogens with zero attached hydrogens (tertiary/aromatic N) is 3. The summed E-state index contributed by atoms with van der Waals surface area (Å²) in [6, 6.07) is 0. The topological polar surface area (TPSA) is 134 Å². The van der Waals surface area contributed by atoms with Crippen molar-refractivity contribution in [1.29, 1.82) is 0 Å². The normalized spacial score (nSPS) is 26.2. The van der Waals surface area contributed by atoms with Crippen molar-refractivity contribution in [1.82, 2.24) is 15.5 Å². The Hall–Kier alpha value is -1.82. The molecule has 0 bridgehead atoms. The van der Waals surface area contributed by atoms with Gasteiger partial charge >= 0.3 is 0 Å². The highest BCUT2D eigenvalue weighted by Gasteiger charge is 2.53. The zero-order chi connectivity index (χ0) is 20.6. The van der Waals surface area contributed by atoms with Gasteiger partial charge in [-0.25, -0.2) is 0 Å². The van der Waals surface area contributed by atoms with Crippen LogP contribution in [0.4, 0.5) is 5.13 Å². The minimum Gasteiger partial charge on any atom is -0.483 e. The molecular formula is C17H28N4O6S. The molecule has 158 valence electrons. The molecule has 2 saturated heterocycles. The van der Waals surface area contributed by atoms with Gasteiger partial charge in [0.2, 0.25) is 11.0 Å². The number of ether oxygens (including phenoxy) is 2. The molecule has 1 spiro atoms.